The summed E-state index contributed by atoms with van der Waals surface area (Å²) in [7, 11) is -4.36. The lowest BCUT2D eigenvalue weighted by molar-refractivity contribution is -0.143. The molecular formula is C18H15F6NO4S. The second-order valence-electron chi connectivity index (χ2n) is 6.58. The van der Waals surface area contributed by atoms with E-state index in [2.05, 4.69) is 4.98 Å². The number of halogens is 6. The molecule has 0 amide bonds. The third-order valence-corrected chi connectivity index (χ3v) is 6.87. The first-order chi connectivity index (χ1) is 13.8. The fraction of sp³-hybridized carbons (Fsp3) is 0.389. The summed E-state index contributed by atoms with van der Waals surface area (Å²) < 4.78 is 110. The molecule has 0 spiro atoms. The molecular weight excluding hydrogens is 440 g/mol. The lowest BCUT2D eigenvalue weighted by Gasteiger charge is -2.27. The molecule has 0 bridgehead atoms. The third kappa shape index (κ3) is 3.91. The van der Waals surface area contributed by atoms with Crippen molar-refractivity contribution in [1.82, 2.24) is 4.98 Å². The van der Waals surface area contributed by atoms with Crippen LogP contribution in [0.4, 0.5) is 26.3 Å². The van der Waals surface area contributed by atoms with Gasteiger partial charge in [0, 0.05) is 24.6 Å². The van der Waals surface area contributed by atoms with Crippen LogP contribution in [0.25, 0.3) is 0 Å². The number of aliphatic hydroxyl groups is 1. The lowest BCUT2D eigenvalue weighted by atomic mass is 9.95. The van der Waals surface area contributed by atoms with Gasteiger partial charge < -0.3 is 9.84 Å². The summed E-state index contributed by atoms with van der Waals surface area (Å²) in [6.07, 6.45) is -11.6. The van der Waals surface area contributed by atoms with Gasteiger partial charge in [-0.3, -0.25) is 4.98 Å². The molecule has 5 nitrogen and oxygen atoms in total. The maximum atomic E-state index is 13.2. The fourth-order valence-corrected chi connectivity index (χ4v) is 5.46. The summed E-state index contributed by atoms with van der Waals surface area (Å²) in [6, 6.07) is 1.96. The van der Waals surface area contributed by atoms with E-state index in [0.29, 0.717) is 12.1 Å². The predicted octanol–water partition coefficient (Wildman–Crippen LogP) is 4.09. The van der Waals surface area contributed by atoms with E-state index < -0.39 is 56.3 Å². The molecule has 1 N–H and O–H groups in total. The summed E-state index contributed by atoms with van der Waals surface area (Å²) in [5, 5.41) is 8.72. The quantitative estimate of drug-likeness (QED) is 0.703. The maximum absolute atomic E-state index is 13.2. The summed E-state index contributed by atoms with van der Waals surface area (Å²) in [5.74, 6) is 0. The molecule has 1 aromatic heterocycles. The Morgan fingerprint density at radius 3 is 2.13 bits per heavy atom. The minimum absolute atomic E-state index is 0.0530. The number of nitrogens with zero attached hydrogens (tertiary/aromatic N) is 1. The van der Waals surface area contributed by atoms with Crippen LogP contribution in [-0.2, 0) is 26.9 Å². The Bertz CT molecular complexity index is 1020. The van der Waals surface area contributed by atoms with E-state index in [1.807, 2.05) is 0 Å². The van der Waals surface area contributed by atoms with E-state index in [-0.39, 0.29) is 23.1 Å². The van der Waals surface area contributed by atoms with E-state index in [0.717, 1.165) is 6.20 Å². The van der Waals surface area contributed by atoms with Crippen molar-refractivity contribution in [3.05, 3.63) is 58.9 Å². The van der Waals surface area contributed by atoms with Gasteiger partial charge in [0.2, 0.25) is 0 Å². The van der Waals surface area contributed by atoms with Gasteiger partial charge >= 0.3 is 12.4 Å². The molecule has 1 aromatic carbocycles. The van der Waals surface area contributed by atoms with Crippen molar-refractivity contribution in [2.24, 2.45) is 0 Å². The molecule has 0 saturated carbocycles. The van der Waals surface area contributed by atoms with Crippen molar-refractivity contribution >= 4 is 9.84 Å². The number of fused-ring (bicyclic) bond motifs is 1. The van der Waals surface area contributed by atoms with Gasteiger partial charge in [0.1, 0.15) is 17.5 Å². The first-order valence-electron chi connectivity index (χ1n) is 8.55. The number of hydrogen-bond donors (Lipinski definition) is 1. The van der Waals surface area contributed by atoms with E-state index in [1.165, 1.54) is 19.2 Å². The van der Waals surface area contributed by atoms with Gasteiger partial charge in [0.25, 0.3) is 0 Å². The largest absolute Gasteiger partial charge is 0.416 e. The van der Waals surface area contributed by atoms with E-state index in [4.69, 9.17) is 4.74 Å². The van der Waals surface area contributed by atoms with Gasteiger partial charge in [0.05, 0.1) is 16.0 Å². The van der Waals surface area contributed by atoms with Crippen molar-refractivity contribution < 1.29 is 44.6 Å². The Balaban J connectivity index is 2.21. The Kier molecular flexibility index (Phi) is 5.63. The molecule has 0 aliphatic carbocycles. The van der Waals surface area contributed by atoms with Gasteiger partial charge in [0.15, 0.2) is 9.84 Å². The Morgan fingerprint density at radius 1 is 1.10 bits per heavy atom. The minimum Gasteiger partial charge on any atom is -0.387 e. The molecule has 2 aromatic rings. The van der Waals surface area contributed by atoms with Crippen LogP contribution in [-0.4, -0.2) is 30.4 Å². The second-order valence-corrected chi connectivity index (χ2v) is 8.66. The highest BCUT2D eigenvalue weighted by Gasteiger charge is 2.50. The van der Waals surface area contributed by atoms with Crippen molar-refractivity contribution in [2.45, 2.75) is 41.6 Å². The predicted molar refractivity (Wildman–Crippen MR) is 91.0 cm³/mol. The highest BCUT2D eigenvalue weighted by atomic mass is 32.2. The molecule has 2 heterocycles. The number of alkyl halides is 6. The molecule has 3 rings (SSSR count). The summed E-state index contributed by atoms with van der Waals surface area (Å²) in [5.41, 5.74) is -3.93. The van der Waals surface area contributed by atoms with Crippen molar-refractivity contribution in [2.75, 3.05) is 6.61 Å². The second kappa shape index (κ2) is 7.50. The molecule has 0 saturated heterocycles. The average Bonchev–Trinajstić information content (AvgIpc) is 2.85. The third-order valence-electron chi connectivity index (χ3n) is 4.69. The maximum Gasteiger partial charge on any atom is 0.416 e. The molecule has 30 heavy (non-hydrogen) atoms. The van der Waals surface area contributed by atoms with Crippen LogP contribution < -0.4 is 0 Å². The fourth-order valence-electron chi connectivity index (χ4n) is 3.40. The van der Waals surface area contributed by atoms with Crippen LogP contribution in [0.1, 0.15) is 41.4 Å². The molecule has 0 radical (unpaired) electrons. The SMILES string of the molecule is CCOC(c1cc(C(F)(F)F)cc(C(F)(F)F)c1)C1C(O)c2ccncc2S1(=O)=O. The first kappa shape index (κ1) is 22.5. The van der Waals surface area contributed by atoms with Gasteiger partial charge in [-0.1, -0.05) is 0 Å². The number of sulfone groups is 1. The normalized spacial score (nSPS) is 22.0. The van der Waals surface area contributed by atoms with E-state index in [1.54, 1.807) is 0 Å². The van der Waals surface area contributed by atoms with Crippen LogP contribution in [0.5, 0.6) is 0 Å². The zero-order valence-electron chi connectivity index (χ0n) is 15.2. The minimum atomic E-state index is -5.12. The number of benzene rings is 1. The van der Waals surface area contributed by atoms with Crippen LogP contribution in [0.15, 0.2) is 41.6 Å². The number of aromatic nitrogens is 1. The van der Waals surface area contributed by atoms with Crippen LogP contribution >= 0.6 is 0 Å². The number of rotatable bonds is 4. The zero-order valence-corrected chi connectivity index (χ0v) is 16.0. The monoisotopic (exact) mass is 455 g/mol. The Morgan fingerprint density at radius 2 is 1.67 bits per heavy atom. The van der Waals surface area contributed by atoms with Crippen LogP contribution in [0.2, 0.25) is 0 Å². The standard InChI is InChI=1S/C18H15F6NO4S/c1-2-29-15(16-14(26)12-3-4-25-8-13(12)30(16,27)28)9-5-10(17(19,20)21)7-11(6-9)18(22,23)24/h3-8,14-16,26H,2H2,1H3. The number of aliphatic hydroxyl groups excluding tert-OH is 1. The molecule has 0 fully saturated rings. The van der Waals surface area contributed by atoms with Gasteiger partial charge in [-0.15, -0.1) is 0 Å². The van der Waals surface area contributed by atoms with Gasteiger partial charge in [-0.25, -0.2) is 8.42 Å². The summed E-state index contributed by atoms with van der Waals surface area (Å²) >= 11 is 0. The molecule has 3 unspecified atom stereocenters. The van der Waals surface area contributed by atoms with Crippen molar-refractivity contribution in [1.29, 1.82) is 0 Å². The molecule has 164 valence electrons. The molecule has 1 aliphatic heterocycles. The van der Waals surface area contributed by atoms with E-state index in [9.17, 15) is 39.9 Å². The average molecular weight is 455 g/mol. The topological polar surface area (TPSA) is 76.5 Å². The molecule has 3 atom stereocenters. The van der Waals surface area contributed by atoms with Crippen LogP contribution in [0.3, 0.4) is 0 Å². The number of pyridine rings is 1. The van der Waals surface area contributed by atoms with E-state index >= 15 is 0 Å². The summed E-state index contributed by atoms with van der Waals surface area (Å²) in [4.78, 5) is 3.31. The molecule has 1 aliphatic rings. The lowest BCUT2D eigenvalue weighted by Crippen LogP contribution is -2.31. The summed E-state index contributed by atoms with van der Waals surface area (Å²) in [6.45, 7) is 1.17. The smallest absolute Gasteiger partial charge is 0.387 e. The number of ether oxygens (including phenoxy) is 1. The van der Waals surface area contributed by atoms with Gasteiger partial charge in [-0.2, -0.15) is 26.3 Å². The van der Waals surface area contributed by atoms with Gasteiger partial charge in [-0.05, 0) is 36.8 Å². The zero-order chi connectivity index (χ0) is 22.5. The van der Waals surface area contributed by atoms with Crippen molar-refractivity contribution in [3.63, 3.8) is 0 Å². The van der Waals surface area contributed by atoms with Crippen LogP contribution in [0, 0.1) is 0 Å². The highest BCUT2D eigenvalue weighted by molar-refractivity contribution is 7.92. The highest BCUT2D eigenvalue weighted by Crippen LogP contribution is 2.47. The number of hydrogen-bond acceptors (Lipinski definition) is 5. The molecule has 12 heteroatoms. The first-order valence-corrected chi connectivity index (χ1v) is 10.1. The van der Waals surface area contributed by atoms with Crippen molar-refractivity contribution in [3.8, 4) is 0 Å². The Labute approximate surface area is 167 Å². The Hall–Kier alpha value is -2.18.